The molecule has 1 unspecified atom stereocenters. The van der Waals surface area contributed by atoms with E-state index in [0.717, 1.165) is 29.4 Å². The van der Waals surface area contributed by atoms with Gasteiger partial charge in [-0.1, -0.05) is 38.1 Å². The third kappa shape index (κ3) is 3.68. The van der Waals surface area contributed by atoms with E-state index in [0.29, 0.717) is 23.8 Å². The van der Waals surface area contributed by atoms with Crippen LogP contribution in [0.4, 0.5) is 0 Å². The van der Waals surface area contributed by atoms with Gasteiger partial charge in [-0.3, -0.25) is 4.79 Å². The molecule has 0 saturated carbocycles. The predicted octanol–water partition coefficient (Wildman–Crippen LogP) is 4.58. The second kappa shape index (κ2) is 7.58. The van der Waals surface area contributed by atoms with Gasteiger partial charge in [-0.05, 0) is 53.6 Å². The number of carbonyl (C=O) groups excluding carboxylic acids is 1. The number of rotatable bonds is 2. The maximum atomic E-state index is 13.7. The topological polar surface area (TPSA) is 87.9 Å². The quantitative estimate of drug-likeness (QED) is 0.504. The molecule has 0 radical (unpaired) electrons. The normalized spacial score (nSPS) is 16.8. The number of aromatic amines is 1. The first-order valence-electron chi connectivity index (χ1n) is 11.0. The van der Waals surface area contributed by atoms with Gasteiger partial charge in [0.25, 0.3) is 5.91 Å². The molecule has 1 aliphatic rings. The highest BCUT2D eigenvalue weighted by molar-refractivity contribution is 5.97. The maximum Gasteiger partial charge on any atom is 0.254 e. The molecular weight excluding hydrogens is 402 g/mol. The van der Waals surface area contributed by atoms with Crippen LogP contribution in [0.1, 0.15) is 48.1 Å². The lowest BCUT2D eigenvalue weighted by molar-refractivity contribution is 0.0532. The van der Waals surface area contributed by atoms with Crippen molar-refractivity contribution in [1.82, 2.24) is 25.0 Å². The van der Waals surface area contributed by atoms with Gasteiger partial charge in [0.1, 0.15) is 0 Å². The first-order valence-corrected chi connectivity index (χ1v) is 11.0. The van der Waals surface area contributed by atoms with Crippen molar-refractivity contribution >= 4 is 16.9 Å². The van der Waals surface area contributed by atoms with Gasteiger partial charge in [0.05, 0.1) is 17.4 Å². The molecule has 1 N–H and O–H groups in total. The summed E-state index contributed by atoms with van der Waals surface area (Å²) in [5, 5.41) is 4.07. The lowest BCUT2D eigenvalue weighted by Gasteiger charge is -2.39. The molecule has 0 bridgehead atoms. The SMILES string of the molecule is Cc1nc(-c2ccc3c(c2)CC(C(C)(C)C)N(C(=O)c2ccc4[nH]cnc4c2)CC3)no1. The molecule has 7 heteroatoms. The van der Waals surface area contributed by atoms with Gasteiger partial charge in [0, 0.05) is 30.6 Å². The molecule has 1 aliphatic heterocycles. The molecule has 1 atom stereocenters. The summed E-state index contributed by atoms with van der Waals surface area (Å²) in [5.74, 6) is 1.20. The smallest absolute Gasteiger partial charge is 0.254 e. The molecule has 164 valence electrons. The summed E-state index contributed by atoms with van der Waals surface area (Å²) >= 11 is 0. The summed E-state index contributed by atoms with van der Waals surface area (Å²) < 4.78 is 5.16. The minimum atomic E-state index is -0.0908. The van der Waals surface area contributed by atoms with Crippen LogP contribution in [0.5, 0.6) is 0 Å². The van der Waals surface area contributed by atoms with Crippen molar-refractivity contribution in [2.75, 3.05) is 6.54 Å². The van der Waals surface area contributed by atoms with Gasteiger partial charge in [-0.25, -0.2) is 4.98 Å². The fourth-order valence-corrected chi connectivity index (χ4v) is 4.58. The van der Waals surface area contributed by atoms with E-state index in [1.165, 1.54) is 11.1 Å². The standard InChI is InChI=1S/C25H27N5O2/c1-15-28-23(29-32-15)17-6-5-16-9-10-30(22(25(2,3)4)13-19(16)11-17)24(31)18-7-8-20-21(12-18)27-14-26-20/h5-8,11-12,14,22H,9-10,13H2,1-4H3,(H,26,27). The Bertz CT molecular complexity index is 1300. The first-order chi connectivity index (χ1) is 15.3. The Labute approximate surface area is 186 Å². The number of aryl methyl sites for hydroxylation is 1. The van der Waals surface area contributed by atoms with Crippen LogP contribution >= 0.6 is 0 Å². The first kappa shape index (κ1) is 20.4. The number of hydrogen-bond acceptors (Lipinski definition) is 5. The fourth-order valence-electron chi connectivity index (χ4n) is 4.58. The van der Waals surface area contributed by atoms with Crippen LogP contribution in [0, 0.1) is 12.3 Å². The number of benzene rings is 2. The van der Waals surface area contributed by atoms with Gasteiger partial charge in [0.15, 0.2) is 0 Å². The van der Waals surface area contributed by atoms with Crippen molar-refractivity contribution in [2.24, 2.45) is 5.41 Å². The number of amides is 1. The Balaban J connectivity index is 1.50. The van der Waals surface area contributed by atoms with Crippen LogP contribution in [0.3, 0.4) is 0 Å². The molecule has 0 fully saturated rings. The number of hydrogen-bond donors (Lipinski definition) is 1. The van der Waals surface area contributed by atoms with E-state index in [-0.39, 0.29) is 17.4 Å². The molecular formula is C25H27N5O2. The van der Waals surface area contributed by atoms with Crippen molar-refractivity contribution < 1.29 is 9.32 Å². The highest BCUT2D eigenvalue weighted by Crippen LogP contribution is 2.34. The van der Waals surface area contributed by atoms with E-state index in [4.69, 9.17) is 4.52 Å². The third-order valence-corrected chi connectivity index (χ3v) is 6.33. The molecule has 4 aromatic rings. The van der Waals surface area contributed by atoms with Gasteiger partial charge in [-0.2, -0.15) is 4.98 Å². The number of aromatic nitrogens is 4. The lowest BCUT2D eigenvalue weighted by atomic mass is 9.81. The summed E-state index contributed by atoms with van der Waals surface area (Å²) in [4.78, 5) is 27.5. The van der Waals surface area contributed by atoms with Crippen molar-refractivity contribution in [2.45, 2.75) is 46.6 Å². The second-order valence-electron chi connectivity index (χ2n) is 9.59. The minimum absolute atomic E-state index is 0.0494. The molecule has 32 heavy (non-hydrogen) atoms. The van der Waals surface area contributed by atoms with Crippen molar-refractivity contribution in [3.8, 4) is 11.4 Å². The Morgan fingerprint density at radius 2 is 2.00 bits per heavy atom. The Kier molecular flexibility index (Phi) is 4.84. The third-order valence-electron chi connectivity index (χ3n) is 6.33. The molecule has 2 aromatic heterocycles. The zero-order valence-corrected chi connectivity index (χ0v) is 18.8. The van der Waals surface area contributed by atoms with Gasteiger partial charge in [0.2, 0.25) is 11.7 Å². The number of fused-ring (bicyclic) bond motifs is 2. The van der Waals surface area contributed by atoms with E-state index in [1.807, 2.05) is 29.2 Å². The summed E-state index contributed by atoms with van der Waals surface area (Å²) in [6, 6.07) is 12.1. The van der Waals surface area contributed by atoms with Crippen molar-refractivity contribution in [3.05, 3.63) is 65.3 Å². The second-order valence-corrected chi connectivity index (χ2v) is 9.59. The van der Waals surface area contributed by atoms with E-state index in [9.17, 15) is 4.79 Å². The largest absolute Gasteiger partial charge is 0.345 e. The maximum absolute atomic E-state index is 13.7. The fraction of sp³-hybridized carbons (Fsp3) is 0.360. The van der Waals surface area contributed by atoms with Gasteiger partial charge < -0.3 is 14.4 Å². The highest BCUT2D eigenvalue weighted by atomic mass is 16.5. The van der Waals surface area contributed by atoms with E-state index in [1.54, 1.807) is 13.3 Å². The van der Waals surface area contributed by atoms with E-state index >= 15 is 0 Å². The number of imidazole rings is 1. The Hall–Kier alpha value is -3.48. The average molecular weight is 430 g/mol. The summed E-state index contributed by atoms with van der Waals surface area (Å²) in [6.07, 6.45) is 3.24. The molecule has 7 nitrogen and oxygen atoms in total. The number of nitrogens with zero attached hydrogens (tertiary/aromatic N) is 4. The van der Waals surface area contributed by atoms with Crippen LogP contribution < -0.4 is 0 Å². The zero-order chi connectivity index (χ0) is 22.5. The molecule has 0 spiro atoms. The minimum Gasteiger partial charge on any atom is -0.345 e. The van der Waals surface area contributed by atoms with E-state index < -0.39 is 0 Å². The molecule has 5 rings (SSSR count). The van der Waals surface area contributed by atoms with Crippen molar-refractivity contribution in [3.63, 3.8) is 0 Å². The molecule has 3 heterocycles. The van der Waals surface area contributed by atoms with Gasteiger partial charge >= 0.3 is 0 Å². The highest BCUT2D eigenvalue weighted by Gasteiger charge is 2.36. The molecule has 2 aromatic carbocycles. The summed E-state index contributed by atoms with van der Waals surface area (Å²) in [7, 11) is 0. The lowest BCUT2D eigenvalue weighted by Crippen LogP contribution is -2.48. The Morgan fingerprint density at radius 3 is 2.75 bits per heavy atom. The number of H-pyrrole nitrogens is 1. The number of carbonyl (C=O) groups is 1. The van der Waals surface area contributed by atoms with Gasteiger partial charge in [-0.15, -0.1) is 0 Å². The van der Waals surface area contributed by atoms with E-state index in [2.05, 4.69) is 53.0 Å². The van der Waals surface area contributed by atoms with Crippen LogP contribution in [0.25, 0.3) is 22.4 Å². The number of nitrogens with one attached hydrogen (secondary N) is 1. The molecule has 1 amide bonds. The van der Waals surface area contributed by atoms with Crippen molar-refractivity contribution in [1.29, 1.82) is 0 Å². The molecule has 0 saturated heterocycles. The van der Waals surface area contributed by atoms with Crippen LogP contribution in [0.15, 0.2) is 47.2 Å². The average Bonchev–Trinajstić information content (AvgIpc) is 3.36. The Morgan fingerprint density at radius 1 is 1.16 bits per heavy atom. The molecule has 0 aliphatic carbocycles. The van der Waals surface area contributed by atoms with Crippen LogP contribution in [0.2, 0.25) is 0 Å². The summed E-state index contributed by atoms with van der Waals surface area (Å²) in [6.45, 7) is 9.07. The van der Waals surface area contributed by atoms with Crippen LogP contribution in [-0.2, 0) is 12.8 Å². The van der Waals surface area contributed by atoms with Crippen LogP contribution in [-0.4, -0.2) is 43.5 Å². The monoisotopic (exact) mass is 429 g/mol. The zero-order valence-electron chi connectivity index (χ0n) is 18.8. The predicted molar refractivity (Wildman–Crippen MR) is 122 cm³/mol. The summed E-state index contributed by atoms with van der Waals surface area (Å²) in [5.41, 5.74) is 5.77.